The number of nitrogens with zero attached hydrogens (tertiary/aromatic N) is 1. The van der Waals surface area contributed by atoms with E-state index in [2.05, 4.69) is 28.1 Å². The molecule has 1 aliphatic rings. The van der Waals surface area contributed by atoms with Crippen molar-refractivity contribution in [2.45, 2.75) is 25.3 Å². The summed E-state index contributed by atoms with van der Waals surface area (Å²) in [7, 11) is 1.37. The highest BCUT2D eigenvalue weighted by atomic mass is 79.9. The number of rotatable bonds is 3. The number of halogens is 1. The largest absolute Gasteiger partial charge is 0.464 e. The molecule has 1 atom stereocenters. The first-order valence-corrected chi connectivity index (χ1v) is 11.5. The van der Waals surface area contributed by atoms with Crippen molar-refractivity contribution >= 4 is 32.7 Å². The Morgan fingerprint density at radius 2 is 1.75 bits per heavy atom. The van der Waals surface area contributed by atoms with Crippen LogP contribution in [0.2, 0.25) is 0 Å². The maximum Gasteiger partial charge on any atom is 0.355 e. The number of aryl methyl sites for hydroxylation is 1. The normalized spacial score (nSPS) is 15.4. The van der Waals surface area contributed by atoms with E-state index in [9.17, 15) is 9.59 Å². The van der Waals surface area contributed by atoms with E-state index in [4.69, 9.17) is 4.74 Å². The first kappa shape index (κ1) is 20.7. The fourth-order valence-corrected chi connectivity index (χ4v) is 5.24. The number of hydrogen-bond donors (Lipinski definition) is 0. The van der Waals surface area contributed by atoms with Crippen LogP contribution in [0, 0.1) is 0 Å². The highest BCUT2D eigenvalue weighted by Gasteiger charge is 2.31. The Labute approximate surface area is 194 Å². The average Bonchev–Trinajstić information content (AvgIpc) is 2.83. The number of fused-ring (bicyclic) bond motifs is 2. The van der Waals surface area contributed by atoms with Crippen molar-refractivity contribution in [2.24, 2.45) is 0 Å². The van der Waals surface area contributed by atoms with Crippen LogP contribution < -0.4 is 5.56 Å². The maximum absolute atomic E-state index is 13.9. The summed E-state index contributed by atoms with van der Waals surface area (Å²) in [4.78, 5) is 27.2. The molecule has 0 saturated carbocycles. The van der Waals surface area contributed by atoms with E-state index in [1.807, 2.05) is 60.7 Å². The summed E-state index contributed by atoms with van der Waals surface area (Å²) in [5, 5.41) is 1.32. The molecule has 1 aliphatic carbocycles. The molecular formula is C27H22BrNO3. The fraction of sp³-hybridized carbons (Fsp3) is 0.185. The number of pyridine rings is 1. The molecule has 0 bridgehead atoms. The molecule has 4 nitrogen and oxygen atoms in total. The van der Waals surface area contributed by atoms with Gasteiger partial charge in [0.1, 0.15) is 5.69 Å². The van der Waals surface area contributed by atoms with Gasteiger partial charge >= 0.3 is 5.97 Å². The van der Waals surface area contributed by atoms with Crippen molar-refractivity contribution in [3.63, 3.8) is 0 Å². The van der Waals surface area contributed by atoms with Crippen LogP contribution in [0.5, 0.6) is 0 Å². The second-order valence-electron chi connectivity index (χ2n) is 8.05. The van der Waals surface area contributed by atoms with E-state index in [-0.39, 0.29) is 11.6 Å². The van der Waals surface area contributed by atoms with E-state index in [0.717, 1.165) is 45.8 Å². The summed E-state index contributed by atoms with van der Waals surface area (Å²) in [6.07, 6.45) is 2.71. The Morgan fingerprint density at radius 3 is 2.53 bits per heavy atom. The Bertz CT molecular complexity index is 1390. The Hall–Kier alpha value is -3.18. The lowest BCUT2D eigenvalue weighted by Crippen LogP contribution is -2.33. The van der Waals surface area contributed by atoms with Crippen LogP contribution in [0.3, 0.4) is 0 Å². The van der Waals surface area contributed by atoms with Crippen LogP contribution >= 0.6 is 15.9 Å². The van der Waals surface area contributed by atoms with Crippen molar-refractivity contribution in [3.05, 3.63) is 104 Å². The standard InChI is InChI=1S/C27H22BrNO3/c1-32-27(31)25-24(18-9-3-2-4-10-18)22-16-19(28)14-15-21(22)26(30)29(25)23-13-7-11-17-8-5-6-12-20(17)23/h2-6,8-10,12,14-16,23H,7,11,13H2,1H3. The highest BCUT2D eigenvalue weighted by Crippen LogP contribution is 2.38. The molecule has 0 spiro atoms. The number of benzene rings is 3. The molecule has 4 aromatic rings. The van der Waals surface area contributed by atoms with Gasteiger partial charge in [-0.15, -0.1) is 0 Å². The Kier molecular flexibility index (Phi) is 5.43. The first-order valence-electron chi connectivity index (χ1n) is 10.7. The smallest absolute Gasteiger partial charge is 0.355 e. The molecule has 1 unspecified atom stereocenters. The van der Waals surface area contributed by atoms with Crippen LogP contribution in [-0.2, 0) is 11.2 Å². The molecule has 5 heteroatoms. The third-order valence-corrected chi connectivity index (χ3v) is 6.76. The van der Waals surface area contributed by atoms with Crippen molar-refractivity contribution in [1.29, 1.82) is 0 Å². The summed E-state index contributed by atoms with van der Waals surface area (Å²) in [6.45, 7) is 0. The third kappa shape index (κ3) is 3.37. The van der Waals surface area contributed by atoms with Gasteiger partial charge in [0.05, 0.1) is 13.2 Å². The molecule has 3 aromatic carbocycles. The van der Waals surface area contributed by atoms with Gasteiger partial charge in [-0.05, 0) is 59.5 Å². The van der Waals surface area contributed by atoms with Gasteiger partial charge < -0.3 is 4.74 Å². The van der Waals surface area contributed by atoms with Gasteiger partial charge in [-0.1, -0.05) is 70.5 Å². The van der Waals surface area contributed by atoms with Gasteiger partial charge in [-0.25, -0.2) is 4.79 Å². The van der Waals surface area contributed by atoms with Gasteiger partial charge in [0.25, 0.3) is 5.56 Å². The molecule has 0 N–H and O–H groups in total. The predicted molar refractivity (Wildman–Crippen MR) is 130 cm³/mol. The third-order valence-electron chi connectivity index (χ3n) is 6.27. The van der Waals surface area contributed by atoms with E-state index < -0.39 is 5.97 Å². The van der Waals surface area contributed by atoms with Crippen LogP contribution in [0.1, 0.15) is 40.5 Å². The Morgan fingerprint density at radius 1 is 1.00 bits per heavy atom. The summed E-state index contributed by atoms with van der Waals surface area (Å²) < 4.78 is 7.77. The number of aromatic nitrogens is 1. The fourth-order valence-electron chi connectivity index (χ4n) is 4.88. The summed E-state index contributed by atoms with van der Waals surface area (Å²) in [5.74, 6) is -0.508. The molecule has 160 valence electrons. The van der Waals surface area contributed by atoms with Gasteiger partial charge in [-0.2, -0.15) is 0 Å². The van der Waals surface area contributed by atoms with Crippen LogP contribution in [0.4, 0.5) is 0 Å². The monoisotopic (exact) mass is 487 g/mol. The molecule has 0 fully saturated rings. The molecular weight excluding hydrogens is 466 g/mol. The van der Waals surface area contributed by atoms with E-state index in [1.54, 1.807) is 4.57 Å². The minimum atomic E-state index is -0.508. The lowest BCUT2D eigenvalue weighted by atomic mass is 9.86. The quantitative estimate of drug-likeness (QED) is 0.326. The highest BCUT2D eigenvalue weighted by molar-refractivity contribution is 9.10. The SMILES string of the molecule is COC(=O)c1c(-c2ccccc2)c2cc(Br)ccc2c(=O)n1C1CCCc2ccccc21. The number of carbonyl (C=O) groups is 1. The molecule has 32 heavy (non-hydrogen) atoms. The number of methoxy groups -OCH3 is 1. The van der Waals surface area contributed by atoms with E-state index >= 15 is 0 Å². The zero-order valence-corrected chi connectivity index (χ0v) is 19.3. The lowest BCUT2D eigenvalue weighted by Gasteiger charge is -2.30. The molecule has 1 aromatic heterocycles. The van der Waals surface area contributed by atoms with Crippen molar-refractivity contribution < 1.29 is 9.53 Å². The number of ether oxygens (including phenoxy) is 1. The van der Waals surface area contributed by atoms with Crippen LogP contribution in [0.25, 0.3) is 21.9 Å². The molecule has 5 rings (SSSR count). The summed E-state index contributed by atoms with van der Waals surface area (Å²) >= 11 is 3.53. The second kappa shape index (κ2) is 8.40. The molecule has 0 amide bonds. The van der Waals surface area contributed by atoms with Crippen molar-refractivity contribution in [1.82, 2.24) is 4.57 Å². The van der Waals surface area contributed by atoms with E-state index in [0.29, 0.717) is 11.1 Å². The maximum atomic E-state index is 13.9. The van der Waals surface area contributed by atoms with Crippen LogP contribution in [0.15, 0.2) is 82.1 Å². The summed E-state index contributed by atoms with van der Waals surface area (Å²) in [5.41, 5.74) is 4.04. The average molecular weight is 488 g/mol. The molecule has 1 heterocycles. The minimum absolute atomic E-state index is 0.172. The first-order chi connectivity index (χ1) is 15.6. The zero-order valence-electron chi connectivity index (χ0n) is 17.7. The predicted octanol–water partition coefficient (Wildman–Crippen LogP) is 6.14. The lowest BCUT2D eigenvalue weighted by molar-refractivity contribution is 0.0586. The number of carbonyl (C=O) groups excluding carboxylic acids is 1. The number of hydrogen-bond acceptors (Lipinski definition) is 3. The molecule has 0 radical (unpaired) electrons. The Balaban J connectivity index is 1.95. The summed E-state index contributed by atoms with van der Waals surface area (Å²) in [6, 6.07) is 23.3. The van der Waals surface area contributed by atoms with Gasteiger partial charge in [0.15, 0.2) is 0 Å². The van der Waals surface area contributed by atoms with Gasteiger partial charge in [0, 0.05) is 15.4 Å². The second-order valence-corrected chi connectivity index (χ2v) is 8.97. The van der Waals surface area contributed by atoms with Crippen LogP contribution in [-0.4, -0.2) is 17.6 Å². The van der Waals surface area contributed by atoms with Crippen molar-refractivity contribution in [2.75, 3.05) is 7.11 Å². The van der Waals surface area contributed by atoms with Gasteiger partial charge in [0.2, 0.25) is 0 Å². The van der Waals surface area contributed by atoms with Crippen molar-refractivity contribution in [3.8, 4) is 11.1 Å². The van der Waals surface area contributed by atoms with Gasteiger partial charge in [-0.3, -0.25) is 9.36 Å². The topological polar surface area (TPSA) is 48.3 Å². The van der Waals surface area contributed by atoms with E-state index in [1.165, 1.54) is 12.7 Å². The molecule has 0 aliphatic heterocycles. The minimum Gasteiger partial charge on any atom is -0.464 e. The zero-order chi connectivity index (χ0) is 22.2. The molecule has 0 saturated heterocycles. The number of esters is 1.